The van der Waals surface area contributed by atoms with Crippen molar-refractivity contribution < 1.29 is 4.74 Å². The van der Waals surface area contributed by atoms with E-state index in [2.05, 4.69) is 46.0 Å². The standard InChI is InChI=1S/C14H18BrNO/c1-10(2)9-16-13-4-3-7-17-14-8-11(15)5-6-12(13)14/h5-6,8,13,16H,1,3-4,7,9H2,2H3. The Kier molecular flexibility index (Phi) is 4.24. The van der Waals surface area contributed by atoms with E-state index >= 15 is 0 Å². The van der Waals surface area contributed by atoms with Crippen LogP contribution in [0.25, 0.3) is 0 Å². The number of hydrogen-bond donors (Lipinski definition) is 1. The molecule has 2 nitrogen and oxygen atoms in total. The molecule has 3 heteroatoms. The van der Waals surface area contributed by atoms with Crippen molar-refractivity contribution in [1.82, 2.24) is 5.32 Å². The lowest BCUT2D eigenvalue weighted by Gasteiger charge is -2.18. The summed E-state index contributed by atoms with van der Waals surface area (Å²) < 4.78 is 6.84. The number of rotatable bonds is 3. The van der Waals surface area contributed by atoms with E-state index in [1.54, 1.807) is 0 Å². The van der Waals surface area contributed by atoms with Crippen LogP contribution < -0.4 is 10.1 Å². The van der Waals surface area contributed by atoms with Gasteiger partial charge in [-0.25, -0.2) is 0 Å². The Morgan fingerprint density at radius 3 is 3.18 bits per heavy atom. The van der Waals surface area contributed by atoms with Crippen LogP contribution in [-0.4, -0.2) is 13.2 Å². The molecule has 1 heterocycles. The smallest absolute Gasteiger partial charge is 0.125 e. The Labute approximate surface area is 111 Å². The van der Waals surface area contributed by atoms with Crippen molar-refractivity contribution in [2.45, 2.75) is 25.8 Å². The van der Waals surface area contributed by atoms with E-state index in [1.165, 1.54) is 5.56 Å². The van der Waals surface area contributed by atoms with Gasteiger partial charge in [0.1, 0.15) is 5.75 Å². The molecule has 1 aromatic rings. The number of ether oxygens (including phenoxy) is 1. The van der Waals surface area contributed by atoms with Crippen molar-refractivity contribution in [1.29, 1.82) is 0 Å². The summed E-state index contributed by atoms with van der Waals surface area (Å²) in [4.78, 5) is 0. The van der Waals surface area contributed by atoms with Crippen LogP contribution in [0.2, 0.25) is 0 Å². The Morgan fingerprint density at radius 1 is 1.59 bits per heavy atom. The van der Waals surface area contributed by atoms with Gasteiger partial charge in [-0.05, 0) is 31.9 Å². The Morgan fingerprint density at radius 2 is 2.41 bits per heavy atom. The summed E-state index contributed by atoms with van der Waals surface area (Å²) >= 11 is 3.48. The Hall–Kier alpha value is -0.800. The van der Waals surface area contributed by atoms with Gasteiger partial charge in [0.05, 0.1) is 6.61 Å². The van der Waals surface area contributed by atoms with Crippen LogP contribution in [0.1, 0.15) is 31.4 Å². The summed E-state index contributed by atoms with van der Waals surface area (Å²) in [6.45, 7) is 7.64. The van der Waals surface area contributed by atoms with Crippen molar-refractivity contribution in [2.75, 3.05) is 13.2 Å². The molecule has 0 amide bonds. The Bertz CT molecular complexity index is 417. The highest BCUT2D eigenvalue weighted by molar-refractivity contribution is 9.10. The molecule has 1 atom stereocenters. The molecule has 1 aromatic carbocycles. The predicted molar refractivity (Wildman–Crippen MR) is 74.4 cm³/mol. The van der Waals surface area contributed by atoms with Gasteiger partial charge in [-0.2, -0.15) is 0 Å². The van der Waals surface area contributed by atoms with Gasteiger partial charge in [-0.15, -0.1) is 0 Å². The highest BCUT2D eigenvalue weighted by atomic mass is 79.9. The van der Waals surface area contributed by atoms with Crippen LogP contribution in [0.15, 0.2) is 34.8 Å². The normalized spacial score (nSPS) is 19.1. The summed E-state index contributed by atoms with van der Waals surface area (Å²) in [7, 11) is 0. The summed E-state index contributed by atoms with van der Waals surface area (Å²) in [5.74, 6) is 0.996. The highest BCUT2D eigenvalue weighted by Gasteiger charge is 2.19. The van der Waals surface area contributed by atoms with Crippen LogP contribution in [-0.2, 0) is 0 Å². The van der Waals surface area contributed by atoms with Crippen molar-refractivity contribution in [3.05, 3.63) is 40.4 Å². The van der Waals surface area contributed by atoms with Crippen molar-refractivity contribution in [3.8, 4) is 5.75 Å². The second-order valence-corrected chi connectivity index (χ2v) is 5.48. The second kappa shape index (κ2) is 5.69. The van der Waals surface area contributed by atoms with Crippen LogP contribution in [0, 0.1) is 0 Å². The minimum atomic E-state index is 0.372. The summed E-state index contributed by atoms with van der Waals surface area (Å²) in [6, 6.07) is 6.64. The topological polar surface area (TPSA) is 21.3 Å². The molecule has 0 aliphatic carbocycles. The summed E-state index contributed by atoms with van der Waals surface area (Å²) in [6.07, 6.45) is 2.20. The average Bonchev–Trinajstić information content (AvgIpc) is 2.48. The zero-order chi connectivity index (χ0) is 12.3. The first-order valence-corrected chi connectivity index (χ1v) is 6.76. The molecule has 0 spiro atoms. The first-order valence-electron chi connectivity index (χ1n) is 5.97. The zero-order valence-corrected chi connectivity index (χ0v) is 11.7. The van der Waals surface area contributed by atoms with Crippen LogP contribution in [0.4, 0.5) is 0 Å². The van der Waals surface area contributed by atoms with Gasteiger partial charge in [-0.3, -0.25) is 0 Å². The third-order valence-electron chi connectivity index (χ3n) is 2.90. The van der Waals surface area contributed by atoms with Gasteiger partial charge in [0.25, 0.3) is 0 Å². The molecule has 0 radical (unpaired) electrons. The SMILES string of the molecule is C=C(C)CNC1CCCOc2cc(Br)ccc21. The lowest BCUT2D eigenvalue weighted by molar-refractivity contribution is 0.315. The van der Waals surface area contributed by atoms with Crippen molar-refractivity contribution in [2.24, 2.45) is 0 Å². The van der Waals surface area contributed by atoms with E-state index in [-0.39, 0.29) is 0 Å². The fourth-order valence-electron chi connectivity index (χ4n) is 2.06. The third kappa shape index (κ3) is 3.33. The average molecular weight is 296 g/mol. The first-order chi connectivity index (χ1) is 8.16. The highest BCUT2D eigenvalue weighted by Crippen LogP contribution is 2.33. The molecule has 1 N–H and O–H groups in total. The maximum absolute atomic E-state index is 5.77. The molecular formula is C14H18BrNO. The quantitative estimate of drug-likeness (QED) is 0.856. The van der Waals surface area contributed by atoms with Gasteiger partial charge >= 0.3 is 0 Å². The summed E-state index contributed by atoms with van der Waals surface area (Å²) in [5, 5.41) is 3.54. The van der Waals surface area contributed by atoms with Crippen molar-refractivity contribution in [3.63, 3.8) is 0 Å². The van der Waals surface area contributed by atoms with E-state index in [9.17, 15) is 0 Å². The number of benzene rings is 1. The molecule has 1 aliphatic rings. The third-order valence-corrected chi connectivity index (χ3v) is 3.39. The molecule has 17 heavy (non-hydrogen) atoms. The molecule has 0 saturated carbocycles. The number of hydrogen-bond acceptors (Lipinski definition) is 2. The summed E-state index contributed by atoms with van der Waals surface area (Å²) in [5.41, 5.74) is 2.42. The lowest BCUT2D eigenvalue weighted by atomic mass is 10.0. The van der Waals surface area contributed by atoms with Crippen LogP contribution in [0.3, 0.4) is 0 Å². The van der Waals surface area contributed by atoms with Gasteiger partial charge < -0.3 is 10.1 Å². The lowest BCUT2D eigenvalue weighted by Crippen LogP contribution is -2.22. The van der Waals surface area contributed by atoms with Gasteiger partial charge in [0, 0.05) is 22.6 Å². The molecule has 0 bridgehead atoms. The molecule has 92 valence electrons. The molecule has 0 aromatic heterocycles. The first kappa shape index (κ1) is 12.7. The maximum Gasteiger partial charge on any atom is 0.125 e. The van der Waals surface area contributed by atoms with E-state index in [1.807, 2.05) is 6.92 Å². The molecular weight excluding hydrogens is 278 g/mol. The fourth-order valence-corrected chi connectivity index (χ4v) is 2.40. The van der Waals surface area contributed by atoms with E-state index in [4.69, 9.17) is 4.74 Å². The molecule has 1 unspecified atom stereocenters. The minimum Gasteiger partial charge on any atom is -0.493 e. The molecule has 0 fully saturated rings. The zero-order valence-electron chi connectivity index (χ0n) is 10.1. The monoisotopic (exact) mass is 295 g/mol. The van der Waals surface area contributed by atoms with Gasteiger partial charge in [0.2, 0.25) is 0 Å². The molecule has 0 saturated heterocycles. The minimum absolute atomic E-state index is 0.372. The maximum atomic E-state index is 5.77. The number of halogens is 1. The Balaban J connectivity index is 2.20. The molecule has 1 aliphatic heterocycles. The van der Waals surface area contributed by atoms with E-state index in [0.717, 1.165) is 41.8 Å². The van der Waals surface area contributed by atoms with Crippen molar-refractivity contribution >= 4 is 15.9 Å². The van der Waals surface area contributed by atoms with E-state index in [0.29, 0.717) is 6.04 Å². The number of fused-ring (bicyclic) bond motifs is 1. The largest absolute Gasteiger partial charge is 0.493 e. The molecule has 2 rings (SSSR count). The van der Waals surface area contributed by atoms with Gasteiger partial charge in [0.15, 0.2) is 0 Å². The second-order valence-electron chi connectivity index (χ2n) is 4.56. The fraction of sp³-hybridized carbons (Fsp3) is 0.429. The predicted octanol–water partition coefficient (Wildman–Crippen LogP) is 3.83. The van der Waals surface area contributed by atoms with E-state index < -0.39 is 0 Å². The van der Waals surface area contributed by atoms with Crippen LogP contribution >= 0.6 is 15.9 Å². The van der Waals surface area contributed by atoms with Crippen LogP contribution in [0.5, 0.6) is 5.75 Å². The number of nitrogens with one attached hydrogen (secondary N) is 1. The van der Waals surface area contributed by atoms with Gasteiger partial charge in [-0.1, -0.05) is 34.1 Å².